The molecule has 2 heterocycles. The molecule has 0 unspecified atom stereocenters. The van der Waals surface area contributed by atoms with E-state index in [0.717, 1.165) is 17.8 Å². The first-order chi connectivity index (χ1) is 18.1. The van der Waals surface area contributed by atoms with Crippen molar-refractivity contribution >= 4 is 23.3 Å². The molecule has 0 spiro atoms. The zero-order valence-electron chi connectivity index (χ0n) is 22.8. The fraction of sp³-hybridized carbons (Fsp3) is 0.345. The third kappa shape index (κ3) is 5.85. The molecule has 0 radical (unpaired) electrons. The minimum absolute atomic E-state index is 0.183. The van der Waals surface area contributed by atoms with Crippen LogP contribution < -0.4 is 16.0 Å². The number of likely N-dealkylation sites (N-methyl/N-ethyl adjacent to an activating group) is 1. The number of amides is 2. The smallest absolute Gasteiger partial charge is 0.256 e. The Morgan fingerprint density at radius 2 is 1.79 bits per heavy atom. The van der Waals surface area contributed by atoms with Gasteiger partial charge in [-0.25, -0.2) is 0 Å². The summed E-state index contributed by atoms with van der Waals surface area (Å²) in [5.74, 6) is 0.0155. The number of hydrogen-bond donors (Lipinski definition) is 3. The van der Waals surface area contributed by atoms with Crippen LogP contribution in [0.5, 0.6) is 0 Å². The lowest BCUT2D eigenvalue weighted by Crippen LogP contribution is -2.45. The number of carbonyl (C=O) groups is 2. The highest BCUT2D eigenvalue weighted by atomic mass is 16.2. The molecule has 2 aromatic carbocycles. The van der Waals surface area contributed by atoms with Crippen molar-refractivity contribution in [1.29, 1.82) is 0 Å². The lowest BCUT2D eigenvalue weighted by Gasteiger charge is -2.34. The van der Waals surface area contributed by atoms with Crippen LogP contribution >= 0.6 is 0 Å². The van der Waals surface area contributed by atoms with Crippen molar-refractivity contribution in [2.24, 2.45) is 7.05 Å². The zero-order valence-corrected chi connectivity index (χ0v) is 22.8. The molecule has 9 nitrogen and oxygen atoms in total. The number of aromatic nitrogens is 2. The van der Waals surface area contributed by atoms with E-state index in [9.17, 15) is 9.59 Å². The van der Waals surface area contributed by atoms with Gasteiger partial charge in [0.05, 0.1) is 11.2 Å². The van der Waals surface area contributed by atoms with E-state index in [1.54, 1.807) is 24.3 Å². The first-order valence-electron chi connectivity index (χ1n) is 12.7. The van der Waals surface area contributed by atoms with Crippen LogP contribution in [0.15, 0.2) is 67.3 Å². The van der Waals surface area contributed by atoms with E-state index in [1.165, 1.54) is 11.6 Å². The molecule has 1 aliphatic heterocycles. The second-order valence-corrected chi connectivity index (χ2v) is 10.4. The van der Waals surface area contributed by atoms with Gasteiger partial charge in [-0.1, -0.05) is 36.9 Å². The Hall–Kier alpha value is -3.79. The van der Waals surface area contributed by atoms with Crippen molar-refractivity contribution in [1.82, 2.24) is 24.9 Å². The lowest BCUT2D eigenvalue weighted by atomic mass is 10.0. The Morgan fingerprint density at radius 1 is 1.11 bits per heavy atom. The first-order valence-corrected chi connectivity index (χ1v) is 12.7. The maximum atomic E-state index is 13.0. The van der Waals surface area contributed by atoms with Crippen molar-refractivity contribution in [3.8, 4) is 0 Å². The van der Waals surface area contributed by atoms with Crippen molar-refractivity contribution < 1.29 is 9.59 Å². The van der Waals surface area contributed by atoms with Gasteiger partial charge in [0.15, 0.2) is 5.82 Å². The van der Waals surface area contributed by atoms with Crippen molar-refractivity contribution in [3.63, 3.8) is 0 Å². The minimum Gasteiger partial charge on any atom is -0.323 e. The molecular formula is C29H37N7O2. The molecule has 4 rings (SSSR count). The summed E-state index contributed by atoms with van der Waals surface area (Å²) in [5, 5.41) is 14.1. The average molecular weight is 516 g/mol. The summed E-state index contributed by atoms with van der Waals surface area (Å²) in [6, 6.07) is 17.4. The topological polar surface area (TPSA) is 94.5 Å². The number of carbonyl (C=O) groups excluding carboxylic acids is 2. The number of hydrogen-bond acceptors (Lipinski definition) is 6. The summed E-state index contributed by atoms with van der Waals surface area (Å²) >= 11 is 0. The molecule has 0 aliphatic carbocycles. The van der Waals surface area contributed by atoms with Crippen molar-refractivity contribution in [2.45, 2.75) is 32.0 Å². The van der Waals surface area contributed by atoms with E-state index in [4.69, 9.17) is 0 Å². The molecule has 0 fully saturated rings. The number of fused-ring (bicyclic) bond motifs is 1. The third-order valence-electron chi connectivity index (χ3n) is 6.97. The Labute approximate surface area is 224 Å². The van der Waals surface area contributed by atoms with Gasteiger partial charge in [0.25, 0.3) is 5.91 Å². The van der Waals surface area contributed by atoms with Crippen LogP contribution in [0.1, 0.15) is 47.1 Å². The fourth-order valence-corrected chi connectivity index (χ4v) is 5.01. The Kier molecular flexibility index (Phi) is 8.11. The SMILES string of the molecule is C=CC(=O)Nc1ccc(C(=O)Nc2nn(C)c3c2CN(CN[C@H](CN(C)C)c2ccccc2)C3(C)C)cc1. The van der Waals surface area contributed by atoms with Crippen LogP contribution in [0, 0.1) is 0 Å². The van der Waals surface area contributed by atoms with Gasteiger partial charge in [0.2, 0.25) is 5.91 Å². The highest BCUT2D eigenvalue weighted by Crippen LogP contribution is 2.41. The number of nitrogens with one attached hydrogen (secondary N) is 3. The van der Waals surface area contributed by atoms with Gasteiger partial charge in [0.1, 0.15) is 0 Å². The summed E-state index contributed by atoms with van der Waals surface area (Å²) in [6.07, 6.45) is 1.20. The Morgan fingerprint density at radius 3 is 2.42 bits per heavy atom. The van der Waals surface area contributed by atoms with E-state index in [-0.39, 0.29) is 23.4 Å². The third-order valence-corrected chi connectivity index (χ3v) is 6.97. The van der Waals surface area contributed by atoms with Crippen LogP contribution in [0.2, 0.25) is 0 Å². The molecule has 3 N–H and O–H groups in total. The van der Waals surface area contributed by atoms with E-state index in [1.807, 2.05) is 17.8 Å². The zero-order chi connectivity index (χ0) is 27.4. The van der Waals surface area contributed by atoms with Gasteiger partial charge >= 0.3 is 0 Å². The molecule has 3 aromatic rings. The molecule has 1 aliphatic rings. The van der Waals surface area contributed by atoms with Gasteiger partial charge in [-0.05, 0) is 63.8 Å². The quantitative estimate of drug-likeness (QED) is 0.357. The molecule has 2 amide bonds. The molecular weight excluding hydrogens is 478 g/mol. The van der Waals surface area contributed by atoms with E-state index in [0.29, 0.717) is 30.3 Å². The molecule has 0 bridgehead atoms. The summed E-state index contributed by atoms with van der Waals surface area (Å²) in [5.41, 5.74) is 4.15. The van der Waals surface area contributed by atoms with Crippen LogP contribution in [0.25, 0.3) is 0 Å². The predicted octanol–water partition coefficient (Wildman–Crippen LogP) is 3.70. The summed E-state index contributed by atoms with van der Waals surface area (Å²) < 4.78 is 1.87. The number of aryl methyl sites for hydroxylation is 1. The summed E-state index contributed by atoms with van der Waals surface area (Å²) in [7, 11) is 6.08. The maximum Gasteiger partial charge on any atom is 0.256 e. The average Bonchev–Trinajstić information content (AvgIpc) is 3.35. The van der Waals surface area contributed by atoms with E-state index in [2.05, 4.69) is 89.6 Å². The normalized spacial score (nSPS) is 15.2. The lowest BCUT2D eigenvalue weighted by molar-refractivity contribution is -0.111. The van der Waals surface area contributed by atoms with Gasteiger partial charge in [-0.2, -0.15) is 5.10 Å². The summed E-state index contributed by atoms with van der Waals surface area (Å²) in [6.45, 7) is 10.0. The maximum absolute atomic E-state index is 13.0. The molecule has 0 saturated heterocycles. The van der Waals surface area contributed by atoms with Gasteiger partial charge in [0, 0.05) is 49.7 Å². The van der Waals surface area contributed by atoms with Gasteiger partial charge < -0.3 is 15.5 Å². The highest BCUT2D eigenvalue weighted by molar-refractivity contribution is 6.05. The van der Waals surface area contributed by atoms with Gasteiger partial charge in [-0.15, -0.1) is 0 Å². The van der Waals surface area contributed by atoms with E-state index < -0.39 is 0 Å². The first kappa shape index (κ1) is 27.3. The van der Waals surface area contributed by atoms with Crippen molar-refractivity contribution in [3.05, 3.63) is 89.6 Å². The largest absolute Gasteiger partial charge is 0.323 e. The number of benzene rings is 2. The number of rotatable bonds is 10. The summed E-state index contributed by atoms with van der Waals surface area (Å²) in [4.78, 5) is 29.1. The number of nitrogens with zero attached hydrogens (tertiary/aromatic N) is 4. The van der Waals surface area contributed by atoms with Crippen LogP contribution in [0.4, 0.5) is 11.5 Å². The second-order valence-electron chi connectivity index (χ2n) is 10.4. The Bertz CT molecular complexity index is 1300. The predicted molar refractivity (Wildman–Crippen MR) is 151 cm³/mol. The second kappa shape index (κ2) is 11.3. The van der Waals surface area contributed by atoms with Crippen molar-refractivity contribution in [2.75, 3.05) is 37.9 Å². The number of anilines is 2. The molecule has 1 aromatic heterocycles. The van der Waals surface area contributed by atoms with Crippen LogP contribution in [-0.2, 0) is 23.9 Å². The minimum atomic E-state index is -0.301. The van der Waals surface area contributed by atoms with Gasteiger partial charge in [-0.3, -0.25) is 24.5 Å². The molecule has 0 saturated carbocycles. The fourth-order valence-electron chi connectivity index (χ4n) is 5.01. The molecule has 38 heavy (non-hydrogen) atoms. The monoisotopic (exact) mass is 515 g/mol. The van der Waals surface area contributed by atoms with Crippen LogP contribution in [0.3, 0.4) is 0 Å². The highest BCUT2D eigenvalue weighted by Gasteiger charge is 2.42. The molecule has 200 valence electrons. The Balaban J connectivity index is 1.47. The van der Waals surface area contributed by atoms with Crippen LogP contribution in [-0.4, -0.2) is 58.7 Å². The molecule has 9 heteroatoms. The standard InChI is InChI=1S/C29H37N7O2/c1-7-25(37)31-22-15-13-21(14-16-22)28(38)32-27-23-17-36(29(2,3)26(23)35(6)33-27)19-30-24(18-34(4)5)20-11-9-8-10-12-20/h7-16,24,30H,1,17-19H2,2-6H3,(H,31,37)(H,32,33,38)/t24-/m1/s1. The van der Waals surface area contributed by atoms with E-state index >= 15 is 0 Å². The molecule has 1 atom stereocenters.